The molecule has 3 rings (SSSR count). The summed E-state index contributed by atoms with van der Waals surface area (Å²) in [5.41, 5.74) is -0.791. The number of halogens is 3. The number of anilines is 1. The Morgan fingerprint density at radius 2 is 2.10 bits per heavy atom. The fourth-order valence-corrected chi connectivity index (χ4v) is 3.23. The van der Waals surface area contributed by atoms with Crippen LogP contribution in [0.4, 0.5) is 18.9 Å². The van der Waals surface area contributed by atoms with Gasteiger partial charge in [0.1, 0.15) is 5.82 Å². The molecule has 0 bridgehead atoms. The van der Waals surface area contributed by atoms with Gasteiger partial charge in [-0.3, -0.25) is 14.7 Å². The molecule has 1 fully saturated rings. The lowest BCUT2D eigenvalue weighted by atomic mass is 9.96. The predicted molar refractivity (Wildman–Crippen MR) is 99.7 cm³/mol. The Balaban J connectivity index is 1.85. The van der Waals surface area contributed by atoms with Crippen LogP contribution in [0.25, 0.3) is 11.4 Å². The van der Waals surface area contributed by atoms with E-state index in [1.54, 1.807) is 6.92 Å². The Labute approximate surface area is 165 Å². The molecule has 0 radical (unpaired) electrons. The van der Waals surface area contributed by atoms with Gasteiger partial charge in [0.15, 0.2) is 5.82 Å². The SMILES string of the molecule is C=CC(=O)N1CCCC(C(=O)Nc2cc(-c3n[nH]c(C)n3)cc(C(F)(F)F)c2)C1. The van der Waals surface area contributed by atoms with Crippen LogP contribution in [0.3, 0.4) is 0 Å². The highest BCUT2D eigenvalue weighted by molar-refractivity contribution is 5.94. The van der Waals surface area contributed by atoms with Crippen LogP contribution in [-0.4, -0.2) is 45.0 Å². The van der Waals surface area contributed by atoms with E-state index in [4.69, 9.17) is 0 Å². The van der Waals surface area contributed by atoms with Gasteiger partial charge in [0.05, 0.1) is 11.5 Å². The number of aromatic amines is 1. The fraction of sp³-hybridized carbons (Fsp3) is 0.368. The van der Waals surface area contributed by atoms with Crippen LogP contribution in [0.2, 0.25) is 0 Å². The van der Waals surface area contributed by atoms with E-state index in [1.807, 2.05) is 0 Å². The van der Waals surface area contributed by atoms with Gasteiger partial charge < -0.3 is 10.2 Å². The van der Waals surface area contributed by atoms with Crippen molar-refractivity contribution < 1.29 is 22.8 Å². The highest BCUT2D eigenvalue weighted by Gasteiger charge is 2.32. The van der Waals surface area contributed by atoms with E-state index in [9.17, 15) is 22.8 Å². The maximum atomic E-state index is 13.3. The molecule has 2 aromatic rings. The van der Waals surface area contributed by atoms with E-state index in [0.29, 0.717) is 25.2 Å². The molecular weight excluding hydrogens is 387 g/mol. The second-order valence-corrected chi connectivity index (χ2v) is 6.86. The van der Waals surface area contributed by atoms with Gasteiger partial charge >= 0.3 is 6.18 Å². The highest BCUT2D eigenvalue weighted by Crippen LogP contribution is 2.34. The molecule has 2 amide bonds. The first-order valence-corrected chi connectivity index (χ1v) is 9.01. The van der Waals surface area contributed by atoms with Crippen LogP contribution in [-0.2, 0) is 15.8 Å². The summed E-state index contributed by atoms with van der Waals surface area (Å²) in [7, 11) is 0. The lowest BCUT2D eigenvalue weighted by Crippen LogP contribution is -2.43. The topological polar surface area (TPSA) is 91.0 Å². The van der Waals surface area contributed by atoms with Crippen molar-refractivity contribution in [2.24, 2.45) is 5.92 Å². The van der Waals surface area contributed by atoms with E-state index in [-0.39, 0.29) is 29.5 Å². The summed E-state index contributed by atoms with van der Waals surface area (Å²) in [6, 6.07) is 3.20. The largest absolute Gasteiger partial charge is 0.416 e. The summed E-state index contributed by atoms with van der Waals surface area (Å²) < 4.78 is 40.0. The molecule has 1 aliphatic heterocycles. The monoisotopic (exact) mass is 407 g/mol. The molecule has 10 heteroatoms. The van der Waals surface area contributed by atoms with Crippen LogP contribution in [0.1, 0.15) is 24.2 Å². The minimum atomic E-state index is -4.60. The number of aryl methyl sites for hydroxylation is 1. The van der Waals surface area contributed by atoms with E-state index in [2.05, 4.69) is 27.1 Å². The maximum absolute atomic E-state index is 13.3. The van der Waals surface area contributed by atoms with Crippen LogP contribution in [0.5, 0.6) is 0 Å². The van der Waals surface area contributed by atoms with Crippen molar-refractivity contribution in [2.75, 3.05) is 18.4 Å². The smallest absolute Gasteiger partial charge is 0.338 e. The minimum absolute atomic E-state index is 0.00514. The Kier molecular flexibility index (Phi) is 5.71. The fourth-order valence-electron chi connectivity index (χ4n) is 3.23. The number of piperidine rings is 1. The molecule has 1 aromatic heterocycles. The third-order valence-electron chi connectivity index (χ3n) is 4.66. The summed E-state index contributed by atoms with van der Waals surface area (Å²) in [6.45, 7) is 5.78. The molecule has 0 saturated carbocycles. The number of nitrogens with one attached hydrogen (secondary N) is 2. The number of aromatic nitrogens is 3. The molecule has 29 heavy (non-hydrogen) atoms. The second kappa shape index (κ2) is 8.06. The maximum Gasteiger partial charge on any atom is 0.416 e. The van der Waals surface area contributed by atoms with Gasteiger partial charge in [-0.05, 0) is 44.0 Å². The third-order valence-corrected chi connectivity index (χ3v) is 4.66. The number of carbonyl (C=O) groups excluding carboxylic acids is 2. The van der Waals surface area contributed by atoms with E-state index >= 15 is 0 Å². The summed E-state index contributed by atoms with van der Waals surface area (Å²) in [5.74, 6) is -0.676. The molecule has 2 N–H and O–H groups in total. The van der Waals surface area contributed by atoms with E-state index in [1.165, 1.54) is 17.0 Å². The standard InChI is InChI=1S/C19H20F3N5O2/c1-3-16(28)27-6-4-5-12(10-27)18(29)24-15-8-13(17-23-11(2)25-26-17)7-14(9-15)19(20,21)22/h3,7-9,12H,1,4-6,10H2,2H3,(H,24,29)(H,23,25,26). The molecule has 2 heterocycles. The molecule has 154 valence electrons. The van der Waals surface area contributed by atoms with Gasteiger partial charge in [0.2, 0.25) is 11.8 Å². The molecular formula is C19H20F3N5O2. The molecule has 0 aliphatic carbocycles. The average molecular weight is 407 g/mol. The van der Waals surface area contributed by atoms with Crippen LogP contribution >= 0.6 is 0 Å². The third kappa shape index (κ3) is 4.82. The molecule has 1 atom stereocenters. The number of nitrogens with zero attached hydrogens (tertiary/aromatic N) is 3. The van der Waals surface area contributed by atoms with Gasteiger partial charge in [0.25, 0.3) is 0 Å². The Bertz CT molecular complexity index is 938. The van der Waals surface area contributed by atoms with Crippen molar-refractivity contribution in [2.45, 2.75) is 25.9 Å². The Morgan fingerprint density at radius 1 is 1.34 bits per heavy atom. The number of carbonyl (C=O) groups is 2. The van der Waals surface area contributed by atoms with Gasteiger partial charge in [-0.25, -0.2) is 4.98 Å². The number of benzene rings is 1. The zero-order valence-corrected chi connectivity index (χ0v) is 15.7. The normalized spacial score (nSPS) is 17.1. The molecule has 1 unspecified atom stereocenters. The van der Waals surface area contributed by atoms with Crippen molar-refractivity contribution in [1.82, 2.24) is 20.1 Å². The highest BCUT2D eigenvalue weighted by atomic mass is 19.4. The lowest BCUT2D eigenvalue weighted by molar-refractivity contribution is -0.137. The number of likely N-dealkylation sites (tertiary alicyclic amines) is 1. The number of hydrogen-bond donors (Lipinski definition) is 2. The first-order valence-electron chi connectivity index (χ1n) is 9.01. The zero-order valence-electron chi connectivity index (χ0n) is 15.7. The first-order chi connectivity index (χ1) is 13.7. The number of rotatable bonds is 4. The van der Waals surface area contributed by atoms with Crippen LogP contribution in [0.15, 0.2) is 30.9 Å². The van der Waals surface area contributed by atoms with Gasteiger partial charge in [-0.15, -0.1) is 0 Å². The van der Waals surface area contributed by atoms with Crippen molar-refractivity contribution in [3.05, 3.63) is 42.2 Å². The summed E-state index contributed by atoms with van der Waals surface area (Å²) >= 11 is 0. The zero-order chi connectivity index (χ0) is 21.2. The number of hydrogen-bond acceptors (Lipinski definition) is 4. The Morgan fingerprint density at radius 3 is 2.72 bits per heavy atom. The molecule has 0 spiro atoms. The molecule has 1 aliphatic rings. The van der Waals surface area contributed by atoms with Crippen molar-refractivity contribution in [1.29, 1.82) is 0 Å². The summed E-state index contributed by atoms with van der Waals surface area (Å²) in [5, 5.41) is 9.02. The first kappa shape index (κ1) is 20.6. The average Bonchev–Trinajstić information content (AvgIpc) is 3.13. The molecule has 1 aromatic carbocycles. The van der Waals surface area contributed by atoms with E-state index < -0.39 is 23.6 Å². The molecule has 1 saturated heterocycles. The minimum Gasteiger partial charge on any atom is -0.338 e. The summed E-state index contributed by atoms with van der Waals surface area (Å²) in [6.07, 6.45) is -2.25. The van der Waals surface area contributed by atoms with E-state index in [0.717, 1.165) is 12.1 Å². The van der Waals surface area contributed by atoms with Crippen molar-refractivity contribution >= 4 is 17.5 Å². The van der Waals surface area contributed by atoms with Gasteiger partial charge in [0, 0.05) is 24.3 Å². The molecule has 7 nitrogen and oxygen atoms in total. The number of H-pyrrole nitrogens is 1. The predicted octanol–water partition coefficient (Wildman–Crippen LogP) is 3.16. The van der Waals surface area contributed by atoms with Gasteiger partial charge in [-0.1, -0.05) is 6.58 Å². The van der Waals surface area contributed by atoms with Crippen molar-refractivity contribution in [3.8, 4) is 11.4 Å². The lowest BCUT2D eigenvalue weighted by Gasteiger charge is -2.31. The Hall–Kier alpha value is -3.17. The van der Waals surface area contributed by atoms with Gasteiger partial charge in [-0.2, -0.15) is 18.3 Å². The van der Waals surface area contributed by atoms with Crippen LogP contribution in [0, 0.1) is 12.8 Å². The second-order valence-electron chi connectivity index (χ2n) is 6.86. The quantitative estimate of drug-likeness (QED) is 0.762. The number of alkyl halides is 3. The number of amides is 2. The summed E-state index contributed by atoms with van der Waals surface area (Å²) in [4.78, 5) is 30.0. The van der Waals surface area contributed by atoms with Crippen molar-refractivity contribution in [3.63, 3.8) is 0 Å². The van der Waals surface area contributed by atoms with Crippen LogP contribution < -0.4 is 5.32 Å².